The van der Waals surface area contributed by atoms with E-state index in [1.54, 1.807) is 55.7 Å². The second kappa shape index (κ2) is 10.6. The number of Topliss-reactive ketones (excluding diaryl/α,β-unsaturated/α-hetero) is 1. The highest BCUT2D eigenvalue weighted by atomic mass is 16.5. The largest absolute Gasteiger partial charge is 0.508 e. The Bertz CT molecular complexity index is 1020. The number of aromatic nitrogens is 1. The third-order valence-electron chi connectivity index (χ3n) is 5.47. The summed E-state index contributed by atoms with van der Waals surface area (Å²) in [6.45, 7) is 3.79. The lowest BCUT2D eigenvalue weighted by Gasteiger charge is -2.30. The van der Waals surface area contributed by atoms with Crippen molar-refractivity contribution in [2.24, 2.45) is 0 Å². The number of pyridine rings is 1. The number of carbonyl (C=O) groups is 2. The van der Waals surface area contributed by atoms with Gasteiger partial charge in [0.15, 0.2) is 5.78 Å². The summed E-state index contributed by atoms with van der Waals surface area (Å²) in [6, 6.07) is 19.9. The van der Waals surface area contributed by atoms with Crippen molar-refractivity contribution >= 4 is 11.9 Å². The zero-order valence-corrected chi connectivity index (χ0v) is 18.3. The lowest BCUT2D eigenvalue weighted by molar-refractivity contribution is -0.125. The minimum Gasteiger partial charge on any atom is -0.508 e. The molecule has 0 saturated carbocycles. The molecule has 0 bridgehead atoms. The molecule has 2 atom stereocenters. The van der Waals surface area contributed by atoms with Crippen molar-refractivity contribution in [3.8, 4) is 5.75 Å². The predicted octanol–water partition coefficient (Wildman–Crippen LogP) is 4.78. The summed E-state index contributed by atoms with van der Waals surface area (Å²) in [5, 5.41) is 12.4. The minimum absolute atomic E-state index is 0.00233. The van der Waals surface area contributed by atoms with E-state index < -0.39 is 11.6 Å². The molecule has 0 aliphatic heterocycles. The van der Waals surface area contributed by atoms with Crippen LogP contribution in [0.15, 0.2) is 79.1 Å². The summed E-state index contributed by atoms with van der Waals surface area (Å²) in [6.07, 6.45) is 3.13. The zero-order valence-electron chi connectivity index (χ0n) is 18.3. The molecule has 0 aliphatic rings. The molecule has 0 unspecified atom stereocenters. The number of hydrogen-bond donors (Lipinski definition) is 2. The van der Waals surface area contributed by atoms with E-state index in [9.17, 15) is 14.7 Å². The quantitative estimate of drug-likeness (QED) is 0.508. The van der Waals surface area contributed by atoms with Crippen molar-refractivity contribution in [3.63, 3.8) is 0 Å². The SMILES string of the molecule is C[C@H](CC(=O)[C@](C)(Cc1ccc(O)cc1)NC(=O)OCc1ccncc1)c1ccccc1. The molecular weight excluding hydrogens is 404 g/mol. The van der Waals surface area contributed by atoms with Crippen LogP contribution in [0.1, 0.15) is 42.9 Å². The van der Waals surface area contributed by atoms with E-state index in [2.05, 4.69) is 10.3 Å². The fraction of sp³-hybridized carbons (Fsp3) is 0.269. The molecule has 6 nitrogen and oxygen atoms in total. The summed E-state index contributed by atoms with van der Waals surface area (Å²) < 4.78 is 5.35. The van der Waals surface area contributed by atoms with Gasteiger partial charge in [0.2, 0.25) is 0 Å². The van der Waals surface area contributed by atoms with Gasteiger partial charge in [-0.1, -0.05) is 49.4 Å². The first-order chi connectivity index (χ1) is 15.4. The van der Waals surface area contributed by atoms with Crippen LogP contribution in [0.25, 0.3) is 0 Å². The highest BCUT2D eigenvalue weighted by Gasteiger charge is 2.36. The average Bonchev–Trinajstić information content (AvgIpc) is 2.80. The molecule has 0 spiro atoms. The Morgan fingerprint density at radius 3 is 2.31 bits per heavy atom. The number of alkyl carbamates (subject to hydrolysis) is 1. The van der Waals surface area contributed by atoms with Crippen LogP contribution in [0, 0.1) is 0 Å². The molecule has 0 radical (unpaired) electrons. The number of hydrogen-bond acceptors (Lipinski definition) is 5. The van der Waals surface area contributed by atoms with Crippen LogP contribution in [0.4, 0.5) is 4.79 Å². The number of aromatic hydroxyl groups is 1. The zero-order chi connectivity index (χ0) is 23.0. The highest BCUT2D eigenvalue weighted by molar-refractivity contribution is 5.92. The molecule has 0 saturated heterocycles. The van der Waals surface area contributed by atoms with Gasteiger partial charge in [-0.05, 0) is 53.8 Å². The minimum atomic E-state index is -1.17. The van der Waals surface area contributed by atoms with Gasteiger partial charge in [-0.2, -0.15) is 0 Å². The van der Waals surface area contributed by atoms with E-state index in [1.807, 2.05) is 37.3 Å². The number of ether oxygens (including phenoxy) is 1. The van der Waals surface area contributed by atoms with Gasteiger partial charge in [0.05, 0.1) is 0 Å². The Balaban J connectivity index is 1.74. The van der Waals surface area contributed by atoms with Crippen molar-refractivity contribution in [1.29, 1.82) is 0 Å². The van der Waals surface area contributed by atoms with E-state index in [1.165, 1.54) is 0 Å². The Hall–Kier alpha value is -3.67. The molecule has 3 aromatic rings. The molecule has 3 rings (SSSR count). The molecule has 32 heavy (non-hydrogen) atoms. The van der Waals surface area contributed by atoms with E-state index >= 15 is 0 Å². The molecule has 166 valence electrons. The molecule has 6 heteroatoms. The summed E-state index contributed by atoms with van der Waals surface area (Å²) >= 11 is 0. The van der Waals surface area contributed by atoms with Crippen LogP contribution in [-0.2, 0) is 22.6 Å². The predicted molar refractivity (Wildman–Crippen MR) is 122 cm³/mol. The smallest absolute Gasteiger partial charge is 0.408 e. The number of nitrogens with zero attached hydrogens (tertiary/aromatic N) is 1. The van der Waals surface area contributed by atoms with Crippen LogP contribution in [0.2, 0.25) is 0 Å². The number of benzene rings is 2. The second-order valence-corrected chi connectivity index (χ2v) is 8.17. The first kappa shape index (κ1) is 23.0. The van der Waals surface area contributed by atoms with Gasteiger partial charge in [0, 0.05) is 25.2 Å². The van der Waals surface area contributed by atoms with E-state index in [0.717, 1.165) is 16.7 Å². The van der Waals surface area contributed by atoms with Crippen molar-refractivity contribution in [1.82, 2.24) is 10.3 Å². The summed E-state index contributed by atoms with van der Waals surface area (Å²) in [5.41, 5.74) is 1.52. The monoisotopic (exact) mass is 432 g/mol. The molecule has 1 aromatic heterocycles. The van der Waals surface area contributed by atoms with Crippen LogP contribution in [-0.4, -0.2) is 27.5 Å². The third-order valence-corrected chi connectivity index (χ3v) is 5.47. The van der Waals surface area contributed by atoms with Crippen molar-refractivity contribution in [3.05, 3.63) is 95.8 Å². The van der Waals surface area contributed by atoms with Crippen LogP contribution < -0.4 is 5.32 Å². The van der Waals surface area contributed by atoms with Gasteiger partial charge < -0.3 is 15.2 Å². The summed E-state index contributed by atoms with van der Waals surface area (Å²) in [5.74, 6) is 0.0458. The van der Waals surface area contributed by atoms with Gasteiger partial charge in [0.25, 0.3) is 0 Å². The maximum atomic E-state index is 13.4. The third kappa shape index (κ3) is 6.41. The van der Waals surface area contributed by atoms with Gasteiger partial charge in [-0.15, -0.1) is 0 Å². The normalized spacial score (nSPS) is 13.6. The first-order valence-corrected chi connectivity index (χ1v) is 10.6. The number of amides is 1. The van der Waals surface area contributed by atoms with Crippen molar-refractivity contribution < 1.29 is 19.4 Å². The number of nitrogens with one attached hydrogen (secondary N) is 1. The lowest BCUT2D eigenvalue weighted by Crippen LogP contribution is -2.54. The Morgan fingerprint density at radius 2 is 1.66 bits per heavy atom. The topological polar surface area (TPSA) is 88.5 Å². The molecule has 2 aromatic carbocycles. The van der Waals surface area contributed by atoms with Gasteiger partial charge >= 0.3 is 6.09 Å². The van der Waals surface area contributed by atoms with Crippen molar-refractivity contribution in [2.45, 2.75) is 44.8 Å². The fourth-order valence-electron chi connectivity index (χ4n) is 3.53. The van der Waals surface area contributed by atoms with Gasteiger partial charge in [-0.3, -0.25) is 9.78 Å². The maximum Gasteiger partial charge on any atom is 0.408 e. The highest BCUT2D eigenvalue weighted by Crippen LogP contribution is 2.25. The van der Waals surface area contributed by atoms with Gasteiger partial charge in [-0.25, -0.2) is 4.79 Å². The van der Waals surface area contributed by atoms with Crippen molar-refractivity contribution in [2.75, 3.05) is 0 Å². The Kier molecular flexibility index (Phi) is 7.60. The molecule has 0 fully saturated rings. The standard InChI is InChI=1S/C26H28N2O4/c1-19(22-6-4-3-5-7-22)16-24(30)26(2,17-20-8-10-23(29)11-9-20)28-25(31)32-18-21-12-14-27-15-13-21/h3-15,19,29H,16-18H2,1-2H3,(H,28,31)/t19-,26+/m1/s1. The van der Waals surface area contributed by atoms with E-state index in [0.29, 0.717) is 0 Å². The van der Waals surface area contributed by atoms with Gasteiger partial charge in [0.1, 0.15) is 17.9 Å². The molecule has 1 heterocycles. The van der Waals surface area contributed by atoms with Crippen LogP contribution in [0.3, 0.4) is 0 Å². The van der Waals surface area contributed by atoms with Crippen LogP contribution in [0.5, 0.6) is 5.75 Å². The average molecular weight is 433 g/mol. The second-order valence-electron chi connectivity index (χ2n) is 8.17. The van der Waals surface area contributed by atoms with E-state index in [-0.39, 0.29) is 36.9 Å². The number of phenols is 1. The molecule has 1 amide bonds. The molecule has 2 N–H and O–H groups in total. The summed E-state index contributed by atoms with van der Waals surface area (Å²) in [7, 11) is 0. The number of phenolic OH excluding ortho intramolecular Hbond substituents is 1. The number of ketones is 1. The van der Waals surface area contributed by atoms with Crippen LogP contribution >= 0.6 is 0 Å². The molecule has 0 aliphatic carbocycles. The first-order valence-electron chi connectivity index (χ1n) is 10.6. The fourth-order valence-corrected chi connectivity index (χ4v) is 3.53. The number of rotatable bonds is 9. The van der Waals surface area contributed by atoms with E-state index in [4.69, 9.17) is 4.74 Å². The maximum absolute atomic E-state index is 13.4. The summed E-state index contributed by atoms with van der Waals surface area (Å²) in [4.78, 5) is 29.9. The number of carbonyl (C=O) groups excluding carboxylic acids is 2. The molecular formula is C26H28N2O4. The Labute approximate surface area is 188 Å². The lowest BCUT2D eigenvalue weighted by atomic mass is 9.83. The Morgan fingerprint density at radius 1 is 1.00 bits per heavy atom.